The predicted octanol–water partition coefficient (Wildman–Crippen LogP) is 6.19. The number of nitrogens with zero attached hydrogens (tertiary/aromatic N) is 2. The van der Waals surface area contributed by atoms with Gasteiger partial charge in [0.25, 0.3) is 5.91 Å². The molecule has 3 aromatic carbocycles. The van der Waals surface area contributed by atoms with Crippen LogP contribution in [0.2, 0.25) is 0 Å². The summed E-state index contributed by atoms with van der Waals surface area (Å²) in [4.78, 5) is 16.6. The average Bonchev–Trinajstić information content (AvgIpc) is 2.95. The van der Waals surface area contributed by atoms with Gasteiger partial charge in [-0.05, 0) is 69.9 Å². The first kappa shape index (κ1) is 30.8. The third kappa shape index (κ3) is 9.82. The van der Waals surface area contributed by atoms with E-state index in [1.165, 1.54) is 22.3 Å². The van der Waals surface area contributed by atoms with Crippen molar-refractivity contribution in [3.05, 3.63) is 107 Å². The van der Waals surface area contributed by atoms with E-state index in [9.17, 15) is 4.79 Å². The zero-order valence-electron chi connectivity index (χ0n) is 23.9. The van der Waals surface area contributed by atoms with E-state index in [1.807, 2.05) is 61.2 Å². The van der Waals surface area contributed by atoms with Crippen LogP contribution >= 0.6 is 0 Å². The third-order valence-electron chi connectivity index (χ3n) is 6.90. The summed E-state index contributed by atoms with van der Waals surface area (Å²) in [5, 5.41) is 3.51. The second kappa shape index (κ2) is 16.5. The zero-order valence-corrected chi connectivity index (χ0v) is 23.9. The fourth-order valence-corrected chi connectivity index (χ4v) is 4.54. The van der Waals surface area contributed by atoms with Crippen LogP contribution in [-0.2, 0) is 13.0 Å². The molecule has 3 aromatic rings. The van der Waals surface area contributed by atoms with E-state index in [-0.39, 0.29) is 5.91 Å². The molecular formula is C34H45N3O. The van der Waals surface area contributed by atoms with E-state index in [1.54, 1.807) is 0 Å². The van der Waals surface area contributed by atoms with Gasteiger partial charge in [0.15, 0.2) is 0 Å². The van der Waals surface area contributed by atoms with Crippen LogP contribution in [0.5, 0.6) is 0 Å². The van der Waals surface area contributed by atoms with Crippen molar-refractivity contribution in [1.29, 1.82) is 0 Å². The van der Waals surface area contributed by atoms with Crippen LogP contribution in [-0.4, -0.2) is 54.0 Å². The van der Waals surface area contributed by atoms with Gasteiger partial charge in [-0.2, -0.15) is 0 Å². The number of hydrogen-bond acceptors (Lipinski definition) is 3. The monoisotopic (exact) mass is 511 g/mol. The van der Waals surface area contributed by atoms with Crippen LogP contribution < -0.4 is 5.32 Å². The molecule has 1 N–H and O–H groups in total. The maximum Gasteiger partial charge on any atom is 0.253 e. The molecule has 4 rings (SSSR count). The van der Waals surface area contributed by atoms with Gasteiger partial charge >= 0.3 is 0 Å². The molecule has 1 aliphatic rings. The Balaban J connectivity index is 0.000000256. The van der Waals surface area contributed by atoms with Crippen LogP contribution in [0.15, 0.2) is 78.9 Å². The van der Waals surface area contributed by atoms with Gasteiger partial charge in [-0.1, -0.05) is 72.3 Å². The van der Waals surface area contributed by atoms with E-state index < -0.39 is 0 Å². The van der Waals surface area contributed by atoms with Crippen molar-refractivity contribution in [3.8, 4) is 12.8 Å². The number of hydrogen-bond donors (Lipinski definition) is 1. The van der Waals surface area contributed by atoms with E-state index in [4.69, 9.17) is 0 Å². The Morgan fingerprint density at radius 3 is 2.00 bits per heavy atom. The van der Waals surface area contributed by atoms with Crippen molar-refractivity contribution in [2.24, 2.45) is 0 Å². The molecule has 1 saturated heterocycles. The number of benzene rings is 3. The molecule has 0 aliphatic carbocycles. The number of terminal acetylenes is 1. The molecular weight excluding hydrogens is 466 g/mol. The number of amides is 1. The molecule has 0 radical (unpaired) electrons. The molecule has 0 bridgehead atoms. The van der Waals surface area contributed by atoms with E-state index in [2.05, 4.69) is 80.2 Å². The van der Waals surface area contributed by atoms with Crippen molar-refractivity contribution in [3.63, 3.8) is 0 Å². The second-order valence-corrected chi connectivity index (χ2v) is 9.91. The highest BCUT2D eigenvalue weighted by atomic mass is 16.2. The Kier molecular flexibility index (Phi) is 13.3. The molecule has 2 atom stereocenters. The predicted molar refractivity (Wildman–Crippen MR) is 161 cm³/mol. The van der Waals surface area contributed by atoms with Crippen LogP contribution in [0, 0.1) is 19.8 Å². The summed E-state index contributed by atoms with van der Waals surface area (Å²) in [6.07, 6.45) is 8.90. The van der Waals surface area contributed by atoms with Gasteiger partial charge in [0.05, 0.1) is 0 Å². The number of carbonyl (C=O) groups is 1. The molecule has 0 aromatic heterocycles. The summed E-state index contributed by atoms with van der Waals surface area (Å²) in [6.45, 7) is 15.5. The van der Waals surface area contributed by atoms with E-state index >= 15 is 0 Å². The first-order valence-corrected chi connectivity index (χ1v) is 13.7. The Bertz CT molecular complexity index is 1090. The molecule has 4 nitrogen and oxygen atoms in total. The summed E-state index contributed by atoms with van der Waals surface area (Å²) in [7, 11) is 0. The minimum Gasteiger partial charge on any atom is -0.339 e. The molecule has 1 fully saturated rings. The SMILES string of the molecule is C#C.CCN(CC)C(=O)c1ccc(Cc2ccccc2)cc1.Cc1ccc(CN2C[C@H](C)NC[C@H]2C)cc1. The molecule has 0 spiro atoms. The van der Waals surface area contributed by atoms with Crippen LogP contribution in [0.4, 0.5) is 0 Å². The smallest absolute Gasteiger partial charge is 0.253 e. The Hall–Kier alpha value is -3.39. The summed E-state index contributed by atoms with van der Waals surface area (Å²) in [5.74, 6) is 0.112. The zero-order chi connectivity index (χ0) is 27.9. The number of carbonyl (C=O) groups excluding carboxylic acids is 1. The normalized spacial score (nSPS) is 16.8. The first-order valence-electron chi connectivity index (χ1n) is 13.7. The Labute approximate surface area is 231 Å². The fraction of sp³-hybridized carbons (Fsp3) is 0.382. The van der Waals surface area contributed by atoms with Gasteiger partial charge in [-0.3, -0.25) is 9.69 Å². The Morgan fingerprint density at radius 1 is 0.868 bits per heavy atom. The van der Waals surface area contributed by atoms with Gasteiger partial charge in [-0.15, -0.1) is 12.8 Å². The summed E-state index contributed by atoms with van der Waals surface area (Å²) in [6, 6.07) is 28.5. The van der Waals surface area contributed by atoms with Gasteiger partial charge < -0.3 is 10.2 Å². The number of nitrogens with one attached hydrogen (secondary N) is 1. The maximum atomic E-state index is 12.2. The van der Waals surface area contributed by atoms with Crippen LogP contribution in [0.1, 0.15) is 60.3 Å². The molecule has 0 saturated carbocycles. The lowest BCUT2D eigenvalue weighted by molar-refractivity contribution is 0.0773. The lowest BCUT2D eigenvalue weighted by Gasteiger charge is -2.37. The molecule has 1 heterocycles. The number of aryl methyl sites for hydroxylation is 1. The first-order chi connectivity index (χ1) is 18.4. The highest BCUT2D eigenvalue weighted by Gasteiger charge is 2.21. The van der Waals surface area contributed by atoms with Gasteiger partial charge in [0.2, 0.25) is 0 Å². The average molecular weight is 512 g/mol. The topological polar surface area (TPSA) is 35.6 Å². The fourth-order valence-electron chi connectivity index (χ4n) is 4.54. The second-order valence-electron chi connectivity index (χ2n) is 9.91. The summed E-state index contributed by atoms with van der Waals surface area (Å²) in [5.41, 5.74) is 6.05. The van der Waals surface area contributed by atoms with Crippen molar-refractivity contribution in [2.75, 3.05) is 26.2 Å². The largest absolute Gasteiger partial charge is 0.339 e. The standard InChI is InChI=1S/C18H21NO.C14H22N2.C2H2/c1-3-19(4-2)18(20)17-12-10-16(11-13-17)14-15-8-6-5-7-9-15;1-11-4-6-14(7-5-11)10-16-9-12(2)15-8-13(16)3;1-2/h5-13H,3-4,14H2,1-2H3;4-7,12-13,15H,8-10H2,1-3H3;1-2H/t;12-,13+;/m.0./s1. The quantitative estimate of drug-likeness (QED) is 0.385. The van der Waals surface area contributed by atoms with Crippen molar-refractivity contribution >= 4 is 5.91 Å². The minimum atomic E-state index is 0.112. The van der Waals surface area contributed by atoms with Crippen LogP contribution in [0.25, 0.3) is 0 Å². The van der Waals surface area contributed by atoms with Crippen molar-refractivity contribution in [2.45, 2.75) is 59.7 Å². The number of piperazine rings is 1. The minimum absolute atomic E-state index is 0.112. The van der Waals surface area contributed by atoms with Crippen LogP contribution in [0.3, 0.4) is 0 Å². The molecule has 1 amide bonds. The van der Waals surface area contributed by atoms with Gasteiger partial charge in [0, 0.05) is 50.4 Å². The third-order valence-corrected chi connectivity index (χ3v) is 6.90. The molecule has 4 heteroatoms. The van der Waals surface area contributed by atoms with Gasteiger partial charge in [0.1, 0.15) is 0 Å². The highest BCUT2D eigenvalue weighted by molar-refractivity contribution is 5.94. The molecule has 0 unspecified atom stereocenters. The molecule has 38 heavy (non-hydrogen) atoms. The lowest BCUT2D eigenvalue weighted by Crippen LogP contribution is -2.53. The summed E-state index contributed by atoms with van der Waals surface area (Å²) < 4.78 is 0. The number of rotatable bonds is 7. The van der Waals surface area contributed by atoms with Crippen molar-refractivity contribution in [1.82, 2.24) is 15.1 Å². The highest BCUT2D eigenvalue weighted by Crippen LogP contribution is 2.14. The van der Waals surface area contributed by atoms with Gasteiger partial charge in [-0.25, -0.2) is 0 Å². The summed E-state index contributed by atoms with van der Waals surface area (Å²) >= 11 is 0. The van der Waals surface area contributed by atoms with E-state index in [0.29, 0.717) is 12.1 Å². The van der Waals surface area contributed by atoms with Crippen molar-refractivity contribution < 1.29 is 4.79 Å². The molecule has 202 valence electrons. The van der Waals surface area contributed by atoms with E-state index in [0.717, 1.165) is 44.7 Å². The Morgan fingerprint density at radius 2 is 1.42 bits per heavy atom. The molecule has 1 aliphatic heterocycles. The maximum absolute atomic E-state index is 12.2. The lowest BCUT2D eigenvalue weighted by atomic mass is 10.0.